The number of carbonyl (C=O) groups excluding carboxylic acids is 2. The minimum Gasteiger partial charge on any atom is -0.390 e. The summed E-state index contributed by atoms with van der Waals surface area (Å²) >= 11 is 0. The highest BCUT2D eigenvalue weighted by molar-refractivity contribution is 5.95. The smallest absolute Gasteiger partial charge is 0.251 e. The topological polar surface area (TPSA) is 90.5 Å². The zero-order valence-corrected chi connectivity index (χ0v) is 13.7. The van der Waals surface area contributed by atoms with Crippen LogP contribution in [-0.2, 0) is 11.3 Å². The summed E-state index contributed by atoms with van der Waals surface area (Å²) in [4.78, 5) is 24.8. The van der Waals surface area contributed by atoms with Crippen molar-refractivity contribution in [2.24, 2.45) is 0 Å². The van der Waals surface area contributed by atoms with Crippen molar-refractivity contribution in [3.63, 3.8) is 0 Å². The molecule has 0 aliphatic carbocycles. The number of aliphatic hydroxyl groups excluding tert-OH is 1. The Morgan fingerprint density at radius 1 is 1.04 bits per heavy atom. The van der Waals surface area contributed by atoms with E-state index < -0.39 is 18.2 Å². The number of benzene rings is 2. The second kappa shape index (κ2) is 7.92. The van der Waals surface area contributed by atoms with E-state index in [1.54, 1.807) is 24.3 Å². The van der Waals surface area contributed by atoms with Crippen molar-refractivity contribution in [3.05, 3.63) is 71.8 Å². The molecule has 0 radical (unpaired) electrons. The predicted octanol–water partition coefficient (Wildman–Crippen LogP) is 0.434. The van der Waals surface area contributed by atoms with Crippen LogP contribution in [0.1, 0.15) is 15.9 Å². The third-order valence-electron chi connectivity index (χ3n) is 4.25. The SMILES string of the molecule is O=C(N[C@H]1[C@@H](C(=O)NCc2ccccc2)NC[C@@H]1O)c1ccccc1. The number of rotatable bonds is 5. The lowest BCUT2D eigenvalue weighted by atomic mass is 10.1. The molecule has 2 aromatic carbocycles. The first-order valence-corrected chi connectivity index (χ1v) is 8.24. The van der Waals surface area contributed by atoms with Crippen LogP contribution in [0.5, 0.6) is 0 Å². The Balaban J connectivity index is 1.62. The quantitative estimate of drug-likeness (QED) is 0.636. The van der Waals surface area contributed by atoms with Gasteiger partial charge in [-0.1, -0.05) is 48.5 Å². The Morgan fingerprint density at radius 2 is 1.68 bits per heavy atom. The number of β-amino-alcohol motifs (C(OH)–C–C–N with tert-alkyl or cyclic N) is 1. The van der Waals surface area contributed by atoms with Gasteiger partial charge < -0.3 is 21.1 Å². The molecule has 1 aliphatic heterocycles. The van der Waals surface area contributed by atoms with Gasteiger partial charge in [-0.25, -0.2) is 0 Å². The Bertz CT molecular complexity index is 721. The van der Waals surface area contributed by atoms with Gasteiger partial charge in [0.1, 0.15) is 6.04 Å². The monoisotopic (exact) mass is 339 g/mol. The molecule has 0 spiro atoms. The summed E-state index contributed by atoms with van der Waals surface area (Å²) in [5, 5.41) is 18.7. The van der Waals surface area contributed by atoms with Crippen LogP contribution in [0, 0.1) is 0 Å². The molecule has 2 amide bonds. The molecule has 130 valence electrons. The molecule has 0 unspecified atom stereocenters. The summed E-state index contributed by atoms with van der Waals surface area (Å²) in [5.41, 5.74) is 1.48. The minimum atomic E-state index is -0.819. The molecule has 1 saturated heterocycles. The van der Waals surface area contributed by atoms with Crippen LogP contribution in [0.15, 0.2) is 60.7 Å². The number of amides is 2. The van der Waals surface area contributed by atoms with Crippen molar-refractivity contribution in [3.8, 4) is 0 Å². The van der Waals surface area contributed by atoms with Gasteiger partial charge in [-0.2, -0.15) is 0 Å². The zero-order valence-electron chi connectivity index (χ0n) is 13.7. The van der Waals surface area contributed by atoms with Crippen molar-refractivity contribution in [2.75, 3.05) is 6.54 Å². The molecule has 25 heavy (non-hydrogen) atoms. The van der Waals surface area contributed by atoms with E-state index in [1.807, 2.05) is 36.4 Å². The number of carbonyl (C=O) groups is 2. The van der Waals surface area contributed by atoms with E-state index in [-0.39, 0.29) is 18.4 Å². The largest absolute Gasteiger partial charge is 0.390 e. The molecule has 6 nitrogen and oxygen atoms in total. The van der Waals surface area contributed by atoms with Gasteiger partial charge in [0.05, 0.1) is 12.1 Å². The fourth-order valence-electron chi connectivity index (χ4n) is 2.88. The van der Waals surface area contributed by atoms with Crippen LogP contribution >= 0.6 is 0 Å². The normalized spacial score (nSPS) is 22.4. The van der Waals surface area contributed by atoms with Crippen molar-refractivity contribution in [2.45, 2.75) is 24.7 Å². The second-order valence-corrected chi connectivity index (χ2v) is 6.02. The maximum absolute atomic E-state index is 12.5. The summed E-state index contributed by atoms with van der Waals surface area (Å²) in [6.45, 7) is 0.649. The van der Waals surface area contributed by atoms with Gasteiger partial charge in [0, 0.05) is 18.7 Å². The molecular weight excluding hydrogens is 318 g/mol. The standard InChI is InChI=1S/C19H21N3O3/c23-15-12-20-17(19(25)21-11-13-7-3-1-4-8-13)16(15)22-18(24)14-9-5-2-6-10-14/h1-10,15-17,20,23H,11-12H2,(H,21,25)(H,22,24)/t15-,16+,17-/m0/s1. The summed E-state index contributed by atoms with van der Waals surface area (Å²) in [5.74, 6) is -0.562. The van der Waals surface area contributed by atoms with Crippen LogP contribution in [0.3, 0.4) is 0 Å². The number of aliphatic hydroxyl groups is 1. The molecular formula is C19H21N3O3. The van der Waals surface area contributed by atoms with Crippen molar-refractivity contribution >= 4 is 11.8 Å². The van der Waals surface area contributed by atoms with Crippen LogP contribution < -0.4 is 16.0 Å². The lowest BCUT2D eigenvalue weighted by molar-refractivity contribution is -0.123. The van der Waals surface area contributed by atoms with E-state index in [0.29, 0.717) is 12.1 Å². The average Bonchev–Trinajstić information content (AvgIpc) is 3.02. The Morgan fingerprint density at radius 3 is 2.36 bits per heavy atom. The van der Waals surface area contributed by atoms with Crippen molar-refractivity contribution in [1.82, 2.24) is 16.0 Å². The van der Waals surface area contributed by atoms with E-state index in [1.165, 1.54) is 0 Å². The van der Waals surface area contributed by atoms with Crippen LogP contribution in [0.2, 0.25) is 0 Å². The first kappa shape index (κ1) is 17.1. The highest BCUT2D eigenvalue weighted by Gasteiger charge is 2.40. The maximum Gasteiger partial charge on any atom is 0.251 e. The lowest BCUT2D eigenvalue weighted by Crippen LogP contribution is -2.54. The average molecular weight is 339 g/mol. The van der Waals surface area contributed by atoms with Crippen molar-refractivity contribution in [1.29, 1.82) is 0 Å². The highest BCUT2D eigenvalue weighted by atomic mass is 16.3. The fraction of sp³-hybridized carbons (Fsp3) is 0.263. The van der Waals surface area contributed by atoms with Gasteiger partial charge in [-0.05, 0) is 17.7 Å². The van der Waals surface area contributed by atoms with Gasteiger partial charge in [0.2, 0.25) is 5.91 Å². The van der Waals surface area contributed by atoms with Crippen LogP contribution in [0.25, 0.3) is 0 Å². The number of nitrogens with one attached hydrogen (secondary N) is 3. The number of hydrogen-bond acceptors (Lipinski definition) is 4. The molecule has 2 aromatic rings. The van der Waals surface area contributed by atoms with Crippen LogP contribution in [-0.4, -0.2) is 41.7 Å². The second-order valence-electron chi connectivity index (χ2n) is 6.02. The number of hydrogen-bond donors (Lipinski definition) is 4. The molecule has 3 atom stereocenters. The van der Waals surface area contributed by atoms with E-state index in [4.69, 9.17) is 0 Å². The summed E-state index contributed by atoms with van der Waals surface area (Å²) in [7, 11) is 0. The van der Waals surface area contributed by atoms with E-state index in [0.717, 1.165) is 5.56 Å². The minimum absolute atomic E-state index is 0.251. The van der Waals surface area contributed by atoms with Gasteiger partial charge in [-0.15, -0.1) is 0 Å². The Kier molecular flexibility index (Phi) is 5.42. The summed E-state index contributed by atoms with van der Waals surface area (Å²) in [6.07, 6.45) is -0.819. The molecule has 4 N–H and O–H groups in total. The first-order valence-electron chi connectivity index (χ1n) is 8.24. The summed E-state index contributed by atoms with van der Waals surface area (Å²) < 4.78 is 0. The maximum atomic E-state index is 12.5. The first-order chi connectivity index (χ1) is 12.1. The van der Waals surface area contributed by atoms with Gasteiger partial charge in [0.25, 0.3) is 5.91 Å². The molecule has 0 saturated carbocycles. The van der Waals surface area contributed by atoms with Crippen LogP contribution in [0.4, 0.5) is 0 Å². The molecule has 1 fully saturated rings. The third kappa shape index (κ3) is 4.23. The van der Waals surface area contributed by atoms with Crippen molar-refractivity contribution < 1.29 is 14.7 Å². The molecule has 6 heteroatoms. The molecule has 0 bridgehead atoms. The van der Waals surface area contributed by atoms with Gasteiger partial charge >= 0.3 is 0 Å². The van der Waals surface area contributed by atoms with E-state index >= 15 is 0 Å². The predicted molar refractivity (Wildman–Crippen MR) is 93.8 cm³/mol. The zero-order chi connectivity index (χ0) is 17.6. The molecule has 1 heterocycles. The Hall–Kier alpha value is -2.70. The highest BCUT2D eigenvalue weighted by Crippen LogP contribution is 2.11. The fourth-order valence-corrected chi connectivity index (χ4v) is 2.88. The molecule has 1 aliphatic rings. The van der Waals surface area contributed by atoms with Gasteiger partial charge in [0.15, 0.2) is 0 Å². The summed E-state index contributed by atoms with van der Waals surface area (Å²) in [6, 6.07) is 16.9. The van der Waals surface area contributed by atoms with E-state index in [9.17, 15) is 14.7 Å². The Labute approximate surface area is 146 Å². The molecule has 0 aromatic heterocycles. The molecule has 3 rings (SSSR count). The van der Waals surface area contributed by atoms with Gasteiger partial charge in [-0.3, -0.25) is 9.59 Å². The van der Waals surface area contributed by atoms with E-state index in [2.05, 4.69) is 16.0 Å². The third-order valence-corrected chi connectivity index (χ3v) is 4.25. The lowest BCUT2D eigenvalue weighted by Gasteiger charge is -2.22.